The molecule has 1 fully saturated rings. The van der Waals surface area contributed by atoms with Crippen LogP contribution in [-0.2, 0) is 35.2 Å². The van der Waals surface area contributed by atoms with Gasteiger partial charge in [0.1, 0.15) is 5.01 Å². The number of amides is 4. The van der Waals surface area contributed by atoms with Crippen molar-refractivity contribution in [1.82, 2.24) is 30.3 Å². The van der Waals surface area contributed by atoms with E-state index in [1.165, 1.54) is 16.9 Å². The van der Waals surface area contributed by atoms with Gasteiger partial charge in [-0.25, -0.2) is 4.98 Å². The Kier molecular flexibility index (Phi) is 23.8. The number of aliphatic hydroxyl groups excluding tert-OH is 1. The Hall–Kier alpha value is -3.43. The number of nitrogens with zero attached hydrogens (tertiary/aromatic N) is 4. The van der Waals surface area contributed by atoms with Crippen molar-refractivity contribution in [3.8, 4) is 0 Å². The molecule has 1 saturated heterocycles. The van der Waals surface area contributed by atoms with Crippen molar-refractivity contribution in [3.63, 3.8) is 0 Å². The SMILES string of the molecule is CCC(C)C(C(CC(=O)N1CCCC1C(OC)C(C)C(=O)NCc1nccs1)OC)N(C)C(=O)CNC(=O)C(C(C)C)N(C)C.CCO.Cc1ccccc1. The Morgan fingerprint density at radius 3 is 2.11 bits per heavy atom. The number of aromatic nitrogens is 1. The number of nitrogens with one attached hydrogen (secondary N) is 2. The predicted octanol–water partition coefficient (Wildman–Crippen LogP) is 4.38. The fourth-order valence-electron chi connectivity index (χ4n) is 7.05. The molecular weight excluding hydrogens is 721 g/mol. The number of carbonyl (C=O) groups excluding carboxylic acids is 4. The first kappa shape index (κ1) is 49.6. The number of aryl methyl sites for hydroxylation is 1. The second kappa shape index (κ2) is 26.4. The van der Waals surface area contributed by atoms with Gasteiger partial charge in [-0.2, -0.15) is 0 Å². The summed E-state index contributed by atoms with van der Waals surface area (Å²) in [5, 5.41) is 16.0. The maximum atomic E-state index is 13.9. The number of thiazole rings is 1. The van der Waals surface area contributed by atoms with Gasteiger partial charge in [-0.3, -0.25) is 24.1 Å². The first-order valence-electron chi connectivity index (χ1n) is 19.4. The Morgan fingerprint density at radius 1 is 1.00 bits per heavy atom. The summed E-state index contributed by atoms with van der Waals surface area (Å²) in [7, 11) is 8.53. The average molecular weight is 791 g/mol. The van der Waals surface area contributed by atoms with Crippen LogP contribution in [0.4, 0.5) is 0 Å². The number of hydrogen-bond acceptors (Lipinski definition) is 10. The number of benzene rings is 1. The summed E-state index contributed by atoms with van der Waals surface area (Å²) in [6.45, 7) is 14.6. The van der Waals surface area contributed by atoms with Gasteiger partial charge < -0.3 is 35.0 Å². The van der Waals surface area contributed by atoms with Crippen molar-refractivity contribution in [2.75, 3.05) is 55.1 Å². The van der Waals surface area contributed by atoms with Crippen LogP contribution in [0.1, 0.15) is 77.8 Å². The summed E-state index contributed by atoms with van der Waals surface area (Å²) in [5.74, 6) is -1.08. The van der Waals surface area contributed by atoms with Crippen LogP contribution in [0.5, 0.6) is 0 Å². The van der Waals surface area contributed by atoms with Crippen LogP contribution in [0.2, 0.25) is 0 Å². The van der Waals surface area contributed by atoms with Gasteiger partial charge in [-0.15, -0.1) is 11.3 Å². The molecule has 2 aromatic rings. The zero-order valence-corrected chi connectivity index (χ0v) is 36.2. The lowest BCUT2D eigenvalue weighted by molar-refractivity contribution is -0.146. The summed E-state index contributed by atoms with van der Waals surface area (Å²) in [6.07, 6.45) is 3.02. The fourth-order valence-corrected chi connectivity index (χ4v) is 7.61. The van der Waals surface area contributed by atoms with Crippen LogP contribution < -0.4 is 10.6 Å². The minimum absolute atomic E-state index is 0.0280. The smallest absolute Gasteiger partial charge is 0.242 e. The van der Waals surface area contributed by atoms with Crippen molar-refractivity contribution in [1.29, 1.82) is 0 Å². The van der Waals surface area contributed by atoms with Crippen molar-refractivity contribution in [2.45, 2.75) is 111 Å². The van der Waals surface area contributed by atoms with Crippen molar-refractivity contribution >= 4 is 35.0 Å². The lowest BCUT2D eigenvalue weighted by Crippen LogP contribution is -2.55. The molecule has 0 saturated carbocycles. The highest BCUT2D eigenvalue weighted by Gasteiger charge is 2.42. The quantitative estimate of drug-likeness (QED) is 0.200. The number of likely N-dealkylation sites (N-methyl/N-ethyl adjacent to an activating group) is 2. The van der Waals surface area contributed by atoms with E-state index in [1.807, 2.05) is 82.1 Å². The summed E-state index contributed by atoms with van der Waals surface area (Å²) >= 11 is 1.48. The number of rotatable bonds is 18. The van der Waals surface area contributed by atoms with E-state index in [0.29, 0.717) is 13.1 Å². The standard InChI is InChI=1S/C32H56N6O6S.C7H8.C2H6O/c1-11-21(4)29(37(8)27(40)19-35-32(42)28(20(2)3)36(6)7)24(43-9)17-26(39)38-15-12-13-23(38)30(44-10)22(5)31(41)34-18-25-33-14-16-45-25;1-7-5-3-2-4-6-7;1-2-3/h14,16,20-24,28-30H,11-13,15,17-19H2,1-10H3,(H,34,41)(H,35,42);2-6H,1H3;3H,2H2,1H3. The van der Waals surface area contributed by atoms with Crippen LogP contribution in [0.25, 0.3) is 0 Å². The average Bonchev–Trinajstić information content (AvgIpc) is 3.86. The largest absolute Gasteiger partial charge is 0.397 e. The topological polar surface area (TPSA) is 154 Å². The molecule has 312 valence electrons. The molecular formula is C41H70N6O7S. The number of carbonyl (C=O) groups is 4. The molecule has 2 heterocycles. The number of hydrogen-bond donors (Lipinski definition) is 3. The lowest BCUT2D eigenvalue weighted by Gasteiger charge is -2.39. The lowest BCUT2D eigenvalue weighted by atomic mass is 9.90. The van der Waals surface area contributed by atoms with Gasteiger partial charge in [-0.05, 0) is 52.6 Å². The summed E-state index contributed by atoms with van der Waals surface area (Å²) in [4.78, 5) is 62.6. The predicted molar refractivity (Wildman–Crippen MR) is 219 cm³/mol. The minimum atomic E-state index is -0.566. The fraction of sp³-hybridized carbons (Fsp3) is 0.683. The molecule has 0 radical (unpaired) electrons. The van der Waals surface area contributed by atoms with Crippen LogP contribution >= 0.6 is 11.3 Å². The van der Waals surface area contributed by atoms with Crippen LogP contribution in [0.15, 0.2) is 41.9 Å². The molecule has 3 rings (SSSR count). The van der Waals surface area contributed by atoms with Crippen molar-refractivity contribution < 1.29 is 33.8 Å². The third-order valence-corrected chi connectivity index (χ3v) is 10.8. The van der Waals surface area contributed by atoms with E-state index in [0.717, 1.165) is 24.3 Å². The third-order valence-electron chi connectivity index (χ3n) is 10.0. The number of ether oxygens (including phenoxy) is 2. The molecule has 55 heavy (non-hydrogen) atoms. The van der Waals surface area contributed by atoms with Gasteiger partial charge in [0, 0.05) is 46.0 Å². The van der Waals surface area contributed by atoms with Crippen molar-refractivity contribution in [2.24, 2.45) is 17.8 Å². The first-order valence-corrected chi connectivity index (χ1v) is 20.3. The van der Waals surface area contributed by atoms with E-state index in [-0.39, 0.29) is 67.1 Å². The van der Waals surface area contributed by atoms with E-state index in [9.17, 15) is 19.2 Å². The normalized spacial score (nSPS) is 17.1. The molecule has 1 aliphatic heterocycles. The molecule has 0 bridgehead atoms. The zero-order chi connectivity index (χ0) is 41.7. The molecule has 1 aliphatic rings. The summed E-state index contributed by atoms with van der Waals surface area (Å²) in [6, 6.07) is 9.26. The highest BCUT2D eigenvalue weighted by atomic mass is 32.1. The molecule has 7 unspecified atom stereocenters. The molecule has 0 aliphatic carbocycles. The Morgan fingerprint density at radius 2 is 1.64 bits per heavy atom. The minimum Gasteiger partial charge on any atom is -0.397 e. The molecule has 1 aromatic heterocycles. The first-order chi connectivity index (χ1) is 26.1. The number of aliphatic hydroxyl groups is 1. The second-order valence-corrected chi connectivity index (χ2v) is 15.6. The molecule has 1 aromatic carbocycles. The van der Waals surface area contributed by atoms with E-state index >= 15 is 0 Å². The van der Waals surface area contributed by atoms with Gasteiger partial charge in [0.2, 0.25) is 23.6 Å². The van der Waals surface area contributed by atoms with Crippen LogP contribution in [0, 0.1) is 24.7 Å². The van der Waals surface area contributed by atoms with Crippen LogP contribution in [0.3, 0.4) is 0 Å². The van der Waals surface area contributed by atoms with E-state index in [2.05, 4.69) is 34.7 Å². The number of likely N-dealkylation sites (tertiary alicyclic amines) is 1. The van der Waals surface area contributed by atoms with E-state index < -0.39 is 24.2 Å². The third kappa shape index (κ3) is 16.3. The molecule has 4 amide bonds. The Bertz CT molecular complexity index is 1370. The molecule has 7 atom stereocenters. The molecule has 14 heteroatoms. The molecule has 3 N–H and O–H groups in total. The Balaban J connectivity index is 0.00000132. The Labute approximate surface area is 334 Å². The van der Waals surface area contributed by atoms with Gasteiger partial charge in [-0.1, -0.05) is 76.9 Å². The van der Waals surface area contributed by atoms with Crippen LogP contribution in [-0.4, -0.2) is 134 Å². The van der Waals surface area contributed by atoms with Crippen molar-refractivity contribution in [3.05, 3.63) is 52.5 Å². The van der Waals surface area contributed by atoms with Gasteiger partial charge in [0.15, 0.2) is 0 Å². The molecule has 0 spiro atoms. The van der Waals surface area contributed by atoms with Gasteiger partial charge in [0.25, 0.3) is 0 Å². The number of methoxy groups -OCH3 is 2. The zero-order valence-electron chi connectivity index (χ0n) is 35.4. The highest BCUT2D eigenvalue weighted by molar-refractivity contribution is 7.09. The molecule has 13 nitrogen and oxygen atoms in total. The monoisotopic (exact) mass is 791 g/mol. The summed E-state index contributed by atoms with van der Waals surface area (Å²) in [5.41, 5.74) is 1.32. The maximum absolute atomic E-state index is 13.9. The van der Waals surface area contributed by atoms with E-state index in [1.54, 1.807) is 39.3 Å². The van der Waals surface area contributed by atoms with E-state index in [4.69, 9.17) is 14.6 Å². The second-order valence-electron chi connectivity index (χ2n) is 14.6. The summed E-state index contributed by atoms with van der Waals surface area (Å²) < 4.78 is 11.7. The maximum Gasteiger partial charge on any atom is 0.242 e. The van der Waals surface area contributed by atoms with Gasteiger partial charge >= 0.3 is 0 Å². The highest BCUT2D eigenvalue weighted by Crippen LogP contribution is 2.29. The van der Waals surface area contributed by atoms with Gasteiger partial charge in [0.05, 0.1) is 55.8 Å².